The predicted molar refractivity (Wildman–Crippen MR) is 137 cm³/mol. The molecule has 5 rings (SSSR count). The van der Waals surface area contributed by atoms with Crippen molar-refractivity contribution >= 4 is 11.6 Å². The first kappa shape index (κ1) is 22.7. The van der Waals surface area contributed by atoms with Gasteiger partial charge in [-0.05, 0) is 36.6 Å². The van der Waals surface area contributed by atoms with Crippen LogP contribution in [0.25, 0.3) is 0 Å². The van der Waals surface area contributed by atoms with Gasteiger partial charge in [0.1, 0.15) is 12.4 Å². The summed E-state index contributed by atoms with van der Waals surface area (Å²) in [5.41, 5.74) is 5.68. The van der Waals surface area contributed by atoms with E-state index >= 15 is 0 Å². The number of aromatic nitrogens is 2. The van der Waals surface area contributed by atoms with Gasteiger partial charge in [0, 0.05) is 37.6 Å². The van der Waals surface area contributed by atoms with Crippen molar-refractivity contribution in [1.29, 1.82) is 0 Å². The van der Waals surface area contributed by atoms with E-state index < -0.39 is 0 Å². The summed E-state index contributed by atoms with van der Waals surface area (Å²) in [5, 5.41) is 7.99. The largest absolute Gasteiger partial charge is 0.491 e. The average molecular weight is 467 g/mol. The summed E-state index contributed by atoms with van der Waals surface area (Å²) < 4.78 is 8.10. The number of para-hydroxylation sites is 2. The lowest BCUT2D eigenvalue weighted by Gasteiger charge is -2.32. The predicted octanol–water partition coefficient (Wildman–Crippen LogP) is 4.99. The van der Waals surface area contributed by atoms with E-state index in [4.69, 9.17) is 4.74 Å². The molecule has 0 fully saturated rings. The molecule has 6 nitrogen and oxygen atoms in total. The topological polar surface area (TPSA) is 59.4 Å². The maximum absolute atomic E-state index is 14.0. The van der Waals surface area contributed by atoms with Crippen LogP contribution in [0.15, 0.2) is 85.1 Å². The summed E-state index contributed by atoms with van der Waals surface area (Å²) in [6.45, 7) is 3.38. The number of nitrogens with zero attached hydrogens (tertiary/aromatic N) is 3. The maximum atomic E-state index is 14.0. The molecule has 2 heterocycles. The number of hydrogen-bond donors (Lipinski definition) is 1. The number of hydrogen-bond acceptors (Lipinski definition) is 4. The van der Waals surface area contributed by atoms with Gasteiger partial charge in [-0.1, -0.05) is 66.7 Å². The first-order valence-corrected chi connectivity index (χ1v) is 12.0. The number of nitrogens with one attached hydrogen (secondary N) is 1. The molecule has 35 heavy (non-hydrogen) atoms. The summed E-state index contributed by atoms with van der Waals surface area (Å²) in [4.78, 5) is 16.0. The Labute approximate surface area is 206 Å². The smallest absolute Gasteiger partial charge is 0.258 e. The summed E-state index contributed by atoms with van der Waals surface area (Å²) >= 11 is 0. The summed E-state index contributed by atoms with van der Waals surface area (Å²) in [5.74, 6) is 0.796. The highest BCUT2D eigenvalue weighted by atomic mass is 16.5. The van der Waals surface area contributed by atoms with E-state index in [-0.39, 0.29) is 11.9 Å². The minimum atomic E-state index is -0.177. The Balaban J connectivity index is 1.60. The van der Waals surface area contributed by atoms with Crippen molar-refractivity contribution in [2.75, 3.05) is 11.9 Å². The third-order valence-corrected chi connectivity index (χ3v) is 6.49. The molecule has 0 radical (unpaired) electrons. The number of benzene rings is 3. The Hall–Kier alpha value is -4.06. The minimum absolute atomic E-state index is 0.0394. The second-order valence-corrected chi connectivity index (χ2v) is 9.01. The molecule has 178 valence electrons. The maximum Gasteiger partial charge on any atom is 0.258 e. The van der Waals surface area contributed by atoms with Crippen LogP contribution in [0, 0.1) is 6.92 Å². The number of fused-ring (bicyclic) bond motifs is 2. The molecule has 1 aliphatic rings. The van der Waals surface area contributed by atoms with Gasteiger partial charge < -0.3 is 15.0 Å². The lowest BCUT2D eigenvalue weighted by Crippen LogP contribution is -2.44. The van der Waals surface area contributed by atoms with Crippen molar-refractivity contribution in [3.8, 4) is 5.75 Å². The number of aryl methyl sites for hydroxylation is 2. The highest BCUT2D eigenvalue weighted by Crippen LogP contribution is 2.27. The molecule has 0 unspecified atom stereocenters. The van der Waals surface area contributed by atoms with Crippen LogP contribution in [0.3, 0.4) is 0 Å². The lowest BCUT2D eigenvalue weighted by molar-refractivity contribution is 0.0590. The molecular formula is C29H30N4O2. The third-order valence-electron chi connectivity index (χ3n) is 6.49. The zero-order valence-electron chi connectivity index (χ0n) is 20.1. The van der Waals surface area contributed by atoms with Crippen LogP contribution in [0.1, 0.15) is 32.7 Å². The van der Waals surface area contributed by atoms with Gasteiger partial charge in [-0.25, -0.2) is 0 Å². The van der Waals surface area contributed by atoms with E-state index in [2.05, 4.69) is 40.7 Å². The first-order valence-electron chi connectivity index (χ1n) is 12.0. The highest BCUT2D eigenvalue weighted by Gasteiger charge is 2.29. The fraction of sp³-hybridized carbons (Fsp3) is 0.241. The van der Waals surface area contributed by atoms with Crippen LogP contribution in [0.5, 0.6) is 5.75 Å². The zero-order valence-corrected chi connectivity index (χ0v) is 20.1. The lowest BCUT2D eigenvalue weighted by atomic mass is 10.0. The monoisotopic (exact) mass is 466 g/mol. The number of carbonyl (C=O) groups is 1. The summed E-state index contributed by atoms with van der Waals surface area (Å²) in [6.07, 6.45) is 2.49. The van der Waals surface area contributed by atoms with Crippen LogP contribution in [-0.4, -0.2) is 33.2 Å². The van der Waals surface area contributed by atoms with Gasteiger partial charge in [-0.2, -0.15) is 5.10 Å². The molecule has 0 aliphatic carbocycles. The van der Waals surface area contributed by atoms with Crippen molar-refractivity contribution in [2.24, 2.45) is 7.05 Å². The molecule has 1 amide bonds. The van der Waals surface area contributed by atoms with E-state index in [1.54, 1.807) is 4.68 Å². The van der Waals surface area contributed by atoms with Crippen LogP contribution in [0.4, 0.5) is 5.69 Å². The zero-order chi connectivity index (χ0) is 24.2. The van der Waals surface area contributed by atoms with Gasteiger partial charge in [0.2, 0.25) is 0 Å². The molecule has 0 bridgehead atoms. The van der Waals surface area contributed by atoms with Crippen LogP contribution >= 0.6 is 0 Å². The second kappa shape index (κ2) is 10.1. The van der Waals surface area contributed by atoms with Gasteiger partial charge >= 0.3 is 0 Å². The molecule has 0 saturated heterocycles. The van der Waals surface area contributed by atoms with Gasteiger partial charge in [-0.15, -0.1) is 0 Å². The summed E-state index contributed by atoms with van der Waals surface area (Å²) in [6, 6.07) is 26.4. The van der Waals surface area contributed by atoms with Gasteiger partial charge in [-0.3, -0.25) is 9.48 Å². The molecular weight excluding hydrogens is 436 g/mol. The average Bonchev–Trinajstić information content (AvgIpc) is 3.21. The van der Waals surface area contributed by atoms with E-state index in [1.807, 2.05) is 73.6 Å². The SMILES string of the molecule is Cc1nn(C)cc1C(=O)N1Cc2ccccc2NCc2ccccc2OC[C@@H]1Cc1ccccc1. The molecule has 0 spiro atoms. The number of ether oxygens (including phenoxy) is 1. The fourth-order valence-corrected chi connectivity index (χ4v) is 4.66. The number of carbonyl (C=O) groups excluding carboxylic acids is 1. The molecule has 3 aromatic carbocycles. The van der Waals surface area contributed by atoms with E-state index in [9.17, 15) is 4.79 Å². The molecule has 1 N–H and O–H groups in total. The van der Waals surface area contributed by atoms with Crippen LogP contribution in [0.2, 0.25) is 0 Å². The molecule has 1 atom stereocenters. The third kappa shape index (κ3) is 5.06. The molecule has 4 aromatic rings. The molecule has 1 aromatic heterocycles. The van der Waals surface area contributed by atoms with Crippen LogP contribution in [-0.2, 0) is 26.6 Å². The molecule has 1 aliphatic heterocycles. The van der Waals surface area contributed by atoms with Gasteiger partial charge in [0.25, 0.3) is 5.91 Å². The van der Waals surface area contributed by atoms with Crippen LogP contribution < -0.4 is 10.1 Å². The van der Waals surface area contributed by atoms with Gasteiger partial charge in [0.05, 0.1) is 17.3 Å². The molecule has 0 saturated carbocycles. The fourth-order valence-electron chi connectivity index (χ4n) is 4.66. The van der Waals surface area contributed by atoms with Crippen molar-refractivity contribution in [2.45, 2.75) is 32.5 Å². The van der Waals surface area contributed by atoms with E-state index in [0.717, 1.165) is 33.8 Å². The van der Waals surface area contributed by atoms with Crippen molar-refractivity contribution < 1.29 is 9.53 Å². The van der Waals surface area contributed by atoms with E-state index in [1.165, 1.54) is 0 Å². The quantitative estimate of drug-likeness (QED) is 0.462. The number of rotatable bonds is 3. The van der Waals surface area contributed by atoms with Crippen molar-refractivity contribution in [3.05, 3.63) is 113 Å². The standard InChI is InChI=1S/C29H30N4O2/c1-21-26(19-32(2)31-21)29(34)33-18-24-13-6-8-14-27(24)30-17-23-12-7-9-15-28(23)35-20-25(33)16-22-10-4-3-5-11-22/h3-15,19,25,30H,16-18,20H2,1-2H3/t25-/m0/s1. The minimum Gasteiger partial charge on any atom is -0.491 e. The Morgan fingerprint density at radius 3 is 2.49 bits per heavy atom. The first-order chi connectivity index (χ1) is 17.1. The van der Waals surface area contributed by atoms with E-state index in [0.29, 0.717) is 31.7 Å². The Bertz CT molecular complexity index is 1320. The normalized spacial score (nSPS) is 15.7. The van der Waals surface area contributed by atoms with Crippen molar-refractivity contribution in [1.82, 2.24) is 14.7 Å². The van der Waals surface area contributed by atoms with Gasteiger partial charge in [0.15, 0.2) is 0 Å². The Morgan fingerprint density at radius 2 is 1.71 bits per heavy atom. The molecule has 6 heteroatoms. The highest BCUT2D eigenvalue weighted by molar-refractivity contribution is 5.95. The summed E-state index contributed by atoms with van der Waals surface area (Å²) in [7, 11) is 1.84. The second-order valence-electron chi connectivity index (χ2n) is 9.01. The number of amides is 1. The Kier molecular flexibility index (Phi) is 6.53. The Morgan fingerprint density at radius 1 is 1.00 bits per heavy atom. The number of anilines is 1. The van der Waals surface area contributed by atoms with Crippen molar-refractivity contribution in [3.63, 3.8) is 0 Å².